The molecule has 0 radical (unpaired) electrons. The molecular weight excluding hydrogens is 244 g/mol. The normalized spacial score (nSPS) is 10.1. The Labute approximate surface area is 111 Å². The van der Waals surface area contributed by atoms with Gasteiger partial charge in [-0.3, -0.25) is 4.79 Å². The number of H-pyrrole nitrogens is 1. The standard InChI is InChI=1S/C14H14N2OS/c1-16(10-11-6-3-2-4-7-11)14(17)12-8-5-9-15-13(12)18/h2-9H,10H2,1H3,(H,15,18). The highest BCUT2D eigenvalue weighted by Gasteiger charge is 2.13. The van der Waals surface area contributed by atoms with Gasteiger partial charge in [-0.05, 0) is 17.7 Å². The second-order valence-corrected chi connectivity index (χ2v) is 4.47. The molecule has 0 bridgehead atoms. The maximum Gasteiger partial charge on any atom is 0.256 e. The van der Waals surface area contributed by atoms with Crippen LogP contribution in [0.25, 0.3) is 0 Å². The second-order valence-electron chi connectivity index (χ2n) is 4.06. The number of aromatic amines is 1. The summed E-state index contributed by atoms with van der Waals surface area (Å²) >= 11 is 5.11. The summed E-state index contributed by atoms with van der Waals surface area (Å²) in [5.74, 6) is -0.0688. The largest absolute Gasteiger partial charge is 0.352 e. The highest BCUT2D eigenvalue weighted by atomic mass is 32.1. The maximum absolute atomic E-state index is 12.2. The zero-order valence-corrected chi connectivity index (χ0v) is 10.9. The fourth-order valence-corrected chi connectivity index (χ4v) is 1.95. The average molecular weight is 258 g/mol. The van der Waals surface area contributed by atoms with Gasteiger partial charge in [0.05, 0.1) is 5.56 Å². The van der Waals surface area contributed by atoms with E-state index in [1.54, 1.807) is 30.3 Å². The number of hydrogen-bond acceptors (Lipinski definition) is 2. The molecule has 18 heavy (non-hydrogen) atoms. The predicted octanol–water partition coefficient (Wildman–Crippen LogP) is 3.02. The van der Waals surface area contributed by atoms with E-state index >= 15 is 0 Å². The van der Waals surface area contributed by atoms with Gasteiger partial charge >= 0.3 is 0 Å². The smallest absolute Gasteiger partial charge is 0.256 e. The van der Waals surface area contributed by atoms with E-state index in [0.29, 0.717) is 16.7 Å². The molecule has 1 heterocycles. The molecule has 0 saturated heterocycles. The molecule has 0 spiro atoms. The van der Waals surface area contributed by atoms with Crippen LogP contribution >= 0.6 is 12.2 Å². The van der Waals surface area contributed by atoms with Gasteiger partial charge in [-0.1, -0.05) is 42.5 Å². The highest BCUT2D eigenvalue weighted by molar-refractivity contribution is 7.71. The van der Waals surface area contributed by atoms with Gasteiger partial charge in [0.25, 0.3) is 5.91 Å². The third-order valence-electron chi connectivity index (χ3n) is 2.66. The lowest BCUT2D eigenvalue weighted by molar-refractivity contribution is 0.0784. The summed E-state index contributed by atoms with van der Waals surface area (Å²) < 4.78 is 0.474. The van der Waals surface area contributed by atoms with E-state index < -0.39 is 0 Å². The number of rotatable bonds is 3. The number of pyridine rings is 1. The third-order valence-corrected chi connectivity index (χ3v) is 3.00. The van der Waals surface area contributed by atoms with Crippen LogP contribution < -0.4 is 0 Å². The van der Waals surface area contributed by atoms with E-state index in [2.05, 4.69) is 4.98 Å². The fraction of sp³-hybridized carbons (Fsp3) is 0.143. The summed E-state index contributed by atoms with van der Waals surface area (Å²) in [6.07, 6.45) is 1.72. The van der Waals surface area contributed by atoms with Gasteiger partial charge in [0.15, 0.2) is 0 Å². The number of hydrogen-bond donors (Lipinski definition) is 1. The van der Waals surface area contributed by atoms with E-state index in [0.717, 1.165) is 5.56 Å². The number of amides is 1. The molecule has 3 nitrogen and oxygen atoms in total. The molecule has 2 rings (SSSR count). The molecule has 1 aromatic carbocycles. The van der Waals surface area contributed by atoms with E-state index in [1.807, 2.05) is 30.3 Å². The lowest BCUT2D eigenvalue weighted by Crippen LogP contribution is -2.26. The molecular formula is C14H14N2OS. The summed E-state index contributed by atoms with van der Waals surface area (Å²) in [5.41, 5.74) is 1.63. The first-order chi connectivity index (χ1) is 8.68. The van der Waals surface area contributed by atoms with Gasteiger partial charge in [0.1, 0.15) is 4.64 Å². The fourth-order valence-electron chi connectivity index (χ4n) is 1.72. The van der Waals surface area contributed by atoms with Crippen LogP contribution in [0.2, 0.25) is 0 Å². The highest BCUT2D eigenvalue weighted by Crippen LogP contribution is 2.08. The topological polar surface area (TPSA) is 36.1 Å². The first-order valence-electron chi connectivity index (χ1n) is 5.65. The van der Waals surface area contributed by atoms with Gasteiger partial charge < -0.3 is 9.88 Å². The Balaban J connectivity index is 2.15. The molecule has 0 aliphatic rings. The Morgan fingerprint density at radius 1 is 1.22 bits per heavy atom. The van der Waals surface area contributed by atoms with Gasteiger partial charge in [-0.2, -0.15) is 0 Å². The van der Waals surface area contributed by atoms with Crippen molar-refractivity contribution in [3.63, 3.8) is 0 Å². The number of aromatic nitrogens is 1. The van der Waals surface area contributed by atoms with Crippen LogP contribution in [0.3, 0.4) is 0 Å². The Bertz CT molecular complexity index is 592. The molecule has 0 saturated carbocycles. The summed E-state index contributed by atoms with van der Waals surface area (Å²) in [6.45, 7) is 0.573. The van der Waals surface area contributed by atoms with Gasteiger partial charge in [0, 0.05) is 19.8 Å². The molecule has 0 aliphatic heterocycles. The summed E-state index contributed by atoms with van der Waals surface area (Å²) in [7, 11) is 1.77. The van der Waals surface area contributed by atoms with Crippen LogP contribution in [0.1, 0.15) is 15.9 Å². The van der Waals surface area contributed by atoms with Crippen molar-refractivity contribution in [2.24, 2.45) is 0 Å². The number of carbonyl (C=O) groups is 1. The number of benzene rings is 1. The Hall–Kier alpha value is -1.94. The van der Waals surface area contributed by atoms with Crippen molar-refractivity contribution in [1.29, 1.82) is 0 Å². The van der Waals surface area contributed by atoms with Crippen molar-refractivity contribution in [3.05, 3.63) is 64.4 Å². The van der Waals surface area contributed by atoms with Crippen molar-refractivity contribution in [1.82, 2.24) is 9.88 Å². The molecule has 0 unspecified atom stereocenters. The van der Waals surface area contributed by atoms with E-state index in [-0.39, 0.29) is 5.91 Å². The minimum absolute atomic E-state index is 0.0688. The number of nitrogens with zero attached hydrogens (tertiary/aromatic N) is 1. The molecule has 2 aromatic rings. The second kappa shape index (κ2) is 5.60. The molecule has 4 heteroatoms. The van der Waals surface area contributed by atoms with Gasteiger partial charge in [0.2, 0.25) is 0 Å². The first kappa shape index (κ1) is 12.5. The average Bonchev–Trinajstić information content (AvgIpc) is 2.39. The molecule has 0 atom stereocenters. The van der Waals surface area contributed by atoms with Gasteiger partial charge in [-0.25, -0.2) is 0 Å². The Morgan fingerprint density at radius 3 is 2.61 bits per heavy atom. The van der Waals surface area contributed by atoms with Crippen LogP contribution in [0.4, 0.5) is 0 Å². The van der Waals surface area contributed by atoms with Crippen molar-refractivity contribution < 1.29 is 4.79 Å². The van der Waals surface area contributed by atoms with Crippen molar-refractivity contribution in [3.8, 4) is 0 Å². The van der Waals surface area contributed by atoms with Crippen molar-refractivity contribution >= 4 is 18.1 Å². The van der Waals surface area contributed by atoms with Crippen molar-refractivity contribution in [2.45, 2.75) is 6.54 Å². The minimum Gasteiger partial charge on any atom is -0.352 e. The third kappa shape index (κ3) is 2.84. The summed E-state index contributed by atoms with van der Waals surface area (Å²) in [4.78, 5) is 16.7. The zero-order valence-electron chi connectivity index (χ0n) is 10.1. The lowest BCUT2D eigenvalue weighted by Gasteiger charge is -2.17. The van der Waals surface area contributed by atoms with Crippen LogP contribution in [-0.4, -0.2) is 22.8 Å². The van der Waals surface area contributed by atoms with E-state index in [4.69, 9.17) is 12.2 Å². The maximum atomic E-state index is 12.2. The molecule has 1 N–H and O–H groups in total. The van der Waals surface area contributed by atoms with E-state index in [9.17, 15) is 4.79 Å². The zero-order chi connectivity index (χ0) is 13.0. The molecule has 0 aliphatic carbocycles. The Kier molecular flexibility index (Phi) is 3.89. The minimum atomic E-state index is -0.0688. The molecule has 92 valence electrons. The number of nitrogens with one attached hydrogen (secondary N) is 1. The predicted molar refractivity (Wildman–Crippen MR) is 73.9 cm³/mol. The van der Waals surface area contributed by atoms with Crippen LogP contribution in [-0.2, 0) is 6.54 Å². The lowest BCUT2D eigenvalue weighted by atomic mass is 10.2. The Morgan fingerprint density at radius 2 is 1.94 bits per heavy atom. The molecule has 1 amide bonds. The van der Waals surface area contributed by atoms with Crippen LogP contribution in [0.5, 0.6) is 0 Å². The van der Waals surface area contributed by atoms with Crippen molar-refractivity contribution in [2.75, 3.05) is 7.05 Å². The van der Waals surface area contributed by atoms with E-state index in [1.165, 1.54) is 0 Å². The first-order valence-corrected chi connectivity index (χ1v) is 6.06. The molecule has 0 fully saturated rings. The SMILES string of the molecule is CN(Cc1ccccc1)C(=O)c1ccc[nH]c1=S. The van der Waals surface area contributed by atoms with Crippen LogP contribution in [0, 0.1) is 4.64 Å². The summed E-state index contributed by atoms with van der Waals surface area (Å²) in [6, 6.07) is 13.4. The monoisotopic (exact) mass is 258 g/mol. The number of carbonyl (C=O) groups excluding carboxylic acids is 1. The quantitative estimate of drug-likeness (QED) is 0.859. The molecule has 1 aromatic heterocycles. The van der Waals surface area contributed by atoms with Crippen LogP contribution in [0.15, 0.2) is 48.7 Å². The summed E-state index contributed by atoms with van der Waals surface area (Å²) in [5, 5.41) is 0. The van der Waals surface area contributed by atoms with Gasteiger partial charge in [-0.15, -0.1) is 0 Å².